The molecule has 2 heterocycles. The van der Waals surface area contributed by atoms with E-state index < -0.39 is 12.0 Å². The molecule has 0 atom stereocenters. The maximum atomic E-state index is 12.4. The molecule has 0 saturated heterocycles. The third-order valence-electron chi connectivity index (χ3n) is 2.78. The molecule has 1 aliphatic heterocycles. The molecule has 2 aromatic rings. The van der Waals surface area contributed by atoms with Crippen LogP contribution in [-0.4, -0.2) is 9.36 Å². The van der Waals surface area contributed by atoms with Crippen molar-refractivity contribution in [3.05, 3.63) is 41.2 Å². The van der Waals surface area contributed by atoms with Gasteiger partial charge in [0.15, 0.2) is 0 Å². The minimum Gasteiger partial charge on any atom is -0.338 e. The molecule has 0 amide bonds. The molecule has 0 bridgehead atoms. The number of halogens is 3. The highest BCUT2D eigenvalue weighted by molar-refractivity contribution is 7.09. The van der Waals surface area contributed by atoms with Crippen molar-refractivity contribution in [3.8, 4) is 0 Å². The van der Waals surface area contributed by atoms with Gasteiger partial charge in [0.1, 0.15) is 0 Å². The Hall–Kier alpha value is -1.63. The predicted octanol–water partition coefficient (Wildman–Crippen LogP) is 3.08. The third-order valence-corrected chi connectivity index (χ3v) is 3.56. The number of fused-ring (bicyclic) bond motifs is 1. The Balaban J connectivity index is 1.85. The van der Waals surface area contributed by atoms with Crippen LogP contribution in [0.4, 0.5) is 18.3 Å². The molecule has 0 radical (unpaired) electrons. The molecule has 3 rings (SSSR count). The summed E-state index contributed by atoms with van der Waals surface area (Å²) in [4.78, 5) is 5.36. The number of rotatable bonds is 1. The fourth-order valence-corrected chi connectivity index (χ4v) is 2.61. The van der Waals surface area contributed by atoms with Crippen molar-refractivity contribution in [1.82, 2.24) is 9.36 Å². The van der Waals surface area contributed by atoms with Crippen LogP contribution in [0.25, 0.3) is 0 Å². The van der Waals surface area contributed by atoms with Gasteiger partial charge in [0.25, 0.3) is 0 Å². The van der Waals surface area contributed by atoms with Gasteiger partial charge < -0.3 is 4.90 Å². The Labute approximate surface area is 105 Å². The summed E-state index contributed by atoms with van der Waals surface area (Å²) in [5.41, 5.74) is 2.25. The van der Waals surface area contributed by atoms with E-state index in [1.165, 1.54) is 0 Å². The van der Waals surface area contributed by atoms with Crippen molar-refractivity contribution >= 4 is 16.7 Å². The molecule has 7 heteroatoms. The van der Waals surface area contributed by atoms with Crippen LogP contribution < -0.4 is 4.90 Å². The molecule has 0 saturated carbocycles. The van der Waals surface area contributed by atoms with E-state index in [2.05, 4.69) is 9.36 Å². The molecular formula is C11H8F3N3S. The van der Waals surface area contributed by atoms with Crippen molar-refractivity contribution in [2.45, 2.75) is 19.3 Å². The second kappa shape index (κ2) is 3.94. The molecular weight excluding hydrogens is 263 g/mol. The van der Waals surface area contributed by atoms with Crippen molar-refractivity contribution < 1.29 is 13.2 Å². The number of aromatic nitrogens is 2. The third kappa shape index (κ3) is 1.94. The standard InChI is InChI=1S/C11H8F3N3S/c12-11(13,14)9-15-10(18-16-9)17-5-7-3-1-2-4-8(7)6-17/h1-4H,5-6H2. The second-order valence-corrected chi connectivity index (χ2v) is 4.75. The molecule has 0 N–H and O–H groups in total. The lowest BCUT2D eigenvalue weighted by molar-refractivity contribution is -0.144. The van der Waals surface area contributed by atoms with Crippen molar-refractivity contribution in [1.29, 1.82) is 0 Å². The summed E-state index contributed by atoms with van der Waals surface area (Å²) in [6.45, 7) is 1.17. The highest BCUT2D eigenvalue weighted by atomic mass is 32.1. The van der Waals surface area contributed by atoms with E-state index in [1.54, 1.807) is 4.90 Å². The number of alkyl halides is 3. The SMILES string of the molecule is FC(F)(F)c1nsc(N2Cc3ccccc3C2)n1. The largest absolute Gasteiger partial charge is 0.452 e. The van der Waals surface area contributed by atoms with Gasteiger partial charge in [0.2, 0.25) is 11.0 Å². The van der Waals surface area contributed by atoms with Gasteiger partial charge in [0, 0.05) is 24.6 Å². The van der Waals surface area contributed by atoms with Crippen LogP contribution in [-0.2, 0) is 19.3 Å². The van der Waals surface area contributed by atoms with Crippen LogP contribution in [0.1, 0.15) is 17.0 Å². The van der Waals surface area contributed by atoms with E-state index in [4.69, 9.17) is 0 Å². The molecule has 0 aliphatic carbocycles. The average molecular weight is 271 g/mol. The Morgan fingerprint density at radius 1 is 1.11 bits per heavy atom. The van der Waals surface area contributed by atoms with Crippen LogP contribution >= 0.6 is 11.5 Å². The number of benzene rings is 1. The summed E-state index contributed by atoms with van der Waals surface area (Å²) in [5, 5.41) is 0.318. The number of nitrogens with zero attached hydrogens (tertiary/aromatic N) is 3. The summed E-state index contributed by atoms with van der Waals surface area (Å²) in [6, 6.07) is 7.79. The minimum atomic E-state index is -4.47. The number of hydrogen-bond donors (Lipinski definition) is 0. The summed E-state index contributed by atoms with van der Waals surface area (Å²) in [5.74, 6) is -1.06. The molecule has 1 aliphatic rings. The second-order valence-electron chi connectivity index (χ2n) is 4.02. The summed E-state index contributed by atoms with van der Waals surface area (Å²) in [7, 11) is 0. The van der Waals surface area contributed by atoms with E-state index in [0.29, 0.717) is 18.2 Å². The summed E-state index contributed by atoms with van der Waals surface area (Å²) < 4.78 is 40.6. The number of anilines is 1. The smallest absolute Gasteiger partial charge is 0.338 e. The average Bonchev–Trinajstić information content (AvgIpc) is 2.94. The lowest BCUT2D eigenvalue weighted by Gasteiger charge is -2.12. The van der Waals surface area contributed by atoms with Crippen LogP contribution in [0.3, 0.4) is 0 Å². The zero-order valence-electron chi connectivity index (χ0n) is 9.11. The summed E-state index contributed by atoms with van der Waals surface area (Å²) in [6.07, 6.45) is -4.47. The number of hydrogen-bond acceptors (Lipinski definition) is 4. The van der Waals surface area contributed by atoms with Gasteiger partial charge in [0.05, 0.1) is 0 Å². The molecule has 94 valence electrons. The van der Waals surface area contributed by atoms with Crippen LogP contribution in [0, 0.1) is 0 Å². The van der Waals surface area contributed by atoms with Crippen LogP contribution in [0.5, 0.6) is 0 Å². The highest BCUT2D eigenvalue weighted by Gasteiger charge is 2.37. The zero-order chi connectivity index (χ0) is 12.8. The highest BCUT2D eigenvalue weighted by Crippen LogP contribution is 2.33. The first-order valence-electron chi connectivity index (χ1n) is 5.26. The Morgan fingerprint density at radius 2 is 1.72 bits per heavy atom. The Morgan fingerprint density at radius 3 is 2.22 bits per heavy atom. The minimum absolute atomic E-state index is 0.318. The van der Waals surface area contributed by atoms with Crippen LogP contribution in [0.2, 0.25) is 0 Å². The Kier molecular flexibility index (Phi) is 2.51. The molecule has 1 aromatic heterocycles. The van der Waals surface area contributed by atoms with E-state index >= 15 is 0 Å². The quantitative estimate of drug-likeness (QED) is 0.798. The fourth-order valence-electron chi connectivity index (χ4n) is 1.93. The molecule has 0 unspecified atom stereocenters. The van der Waals surface area contributed by atoms with E-state index in [-0.39, 0.29) is 0 Å². The zero-order valence-corrected chi connectivity index (χ0v) is 9.92. The fraction of sp³-hybridized carbons (Fsp3) is 0.273. The van der Waals surface area contributed by atoms with E-state index in [0.717, 1.165) is 22.7 Å². The van der Waals surface area contributed by atoms with E-state index in [9.17, 15) is 13.2 Å². The Bertz CT molecular complexity index is 554. The van der Waals surface area contributed by atoms with E-state index in [1.807, 2.05) is 24.3 Å². The van der Waals surface area contributed by atoms with Crippen molar-refractivity contribution in [3.63, 3.8) is 0 Å². The predicted molar refractivity (Wildman–Crippen MR) is 61.2 cm³/mol. The van der Waals surface area contributed by atoms with Crippen molar-refractivity contribution in [2.24, 2.45) is 0 Å². The van der Waals surface area contributed by atoms with Gasteiger partial charge in [-0.15, -0.1) is 0 Å². The first-order valence-corrected chi connectivity index (χ1v) is 6.04. The lowest BCUT2D eigenvalue weighted by Crippen LogP contribution is -2.15. The molecule has 3 nitrogen and oxygen atoms in total. The molecule has 18 heavy (non-hydrogen) atoms. The van der Waals surface area contributed by atoms with Gasteiger partial charge in [-0.3, -0.25) is 0 Å². The molecule has 0 spiro atoms. The van der Waals surface area contributed by atoms with Gasteiger partial charge >= 0.3 is 6.18 Å². The van der Waals surface area contributed by atoms with Crippen molar-refractivity contribution in [2.75, 3.05) is 4.90 Å². The topological polar surface area (TPSA) is 29.0 Å². The first kappa shape index (κ1) is 11.5. The van der Waals surface area contributed by atoms with Crippen LogP contribution in [0.15, 0.2) is 24.3 Å². The lowest BCUT2D eigenvalue weighted by atomic mass is 10.1. The maximum absolute atomic E-state index is 12.4. The molecule has 0 fully saturated rings. The molecule has 1 aromatic carbocycles. The van der Waals surface area contributed by atoms with Gasteiger partial charge in [-0.2, -0.15) is 22.5 Å². The monoisotopic (exact) mass is 271 g/mol. The van der Waals surface area contributed by atoms with Gasteiger partial charge in [-0.05, 0) is 11.1 Å². The van der Waals surface area contributed by atoms with Gasteiger partial charge in [-0.25, -0.2) is 0 Å². The summed E-state index contributed by atoms with van der Waals surface area (Å²) >= 11 is 0.789. The van der Waals surface area contributed by atoms with Gasteiger partial charge in [-0.1, -0.05) is 24.3 Å². The first-order chi connectivity index (χ1) is 8.54. The normalized spacial score (nSPS) is 14.9. The maximum Gasteiger partial charge on any atom is 0.452 e.